The van der Waals surface area contributed by atoms with E-state index in [1.165, 1.54) is 0 Å². The first-order valence-corrected chi connectivity index (χ1v) is 6.97. The number of fused-ring (bicyclic) bond motifs is 1. The van der Waals surface area contributed by atoms with Crippen molar-refractivity contribution >= 4 is 11.6 Å². The molecule has 0 radical (unpaired) electrons. The van der Waals surface area contributed by atoms with Gasteiger partial charge < -0.3 is 15.4 Å². The average Bonchev–Trinajstić information content (AvgIpc) is 2.52. The van der Waals surface area contributed by atoms with E-state index in [1.54, 1.807) is 12.0 Å². The van der Waals surface area contributed by atoms with Crippen LogP contribution in [0.15, 0.2) is 48.5 Å². The first kappa shape index (κ1) is 13.6. The third-order valence-electron chi connectivity index (χ3n) is 3.78. The van der Waals surface area contributed by atoms with Gasteiger partial charge in [-0.15, -0.1) is 0 Å². The van der Waals surface area contributed by atoms with Crippen LogP contribution in [0.4, 0.5) is 5.69 Å². The second-order valence-electron chi connectivity index (χ2n) is 5.22. The Morgan fingerprint density at radius 2 is 2.05 bits per heavy atom. The standard InChI is InChI=1S/C17H18N2O2/c1-21-14-7-4-5-12(9-14)11-19-16-8-3-2-6-13(16)10-15(18)17(19)20/h2-9,15H,10-11,18H2,1H3/t15-/m1/s1. The zero-order valence-electron chi connectivity index (χ0n) is 12.0. The van der Waals surface area contributed by atoms with E-state index in [9.17, 15) is 4.79 Å². The second-order valence-corrected chi connectivity index (χ2v) is 5.22. The van der Waals surface area contributed by atoms with Crippen LogP contribution in [0.25, 0.3) is 0 Å². The summed E-state index contributed by atoms with van der Waals surface area (Å²) in [4.78, 5) is 14.2. The molecule has 4 nitrogen and oxygen atoms in total. The van der Waals surface area contributed by atoms with Crippen LogP contribution < -0.4 is 15.4 Å². The molecule has 2 aromatic carbocycles. The van der Waals surface area contributed by atoms with Crippen molar-refractivity contribution in [2.24, 2.45) is 5.73 Å². The van der Waals surface area contributed by atoms with Gasteiger partial charge in [0, 0.05) is 5.69 Å². The Bertz CT molecular complexity index is 669. The maximum Gasteiger partial charge on any atom is 0.244 e. The van der Waals surface area contributed by atoms with Gasteiger partial charge in [-0.2, -0.15) is 0 Å². The minimum atomic E-state index is -0.467. The van der Waals surface area contributed by atoms with Crippen LogP contribution in [0.3, 0.4) is 0 Å². The van der Waals surface area contributed by atoms with Gasteiger partial charge in [0.15, 0.2) is 0 Å². The summed E-state index contributed by atoms with van der Waals surface area (Å²) in [5.74, 6) is 0.756. The summed E-state index contributed by atoms with van der Waals surface area (Å²) in [5, 5.41) is 0. The number of hydrogen-bond acceptors (Lipinski definition) is 3. The van der Waals surface area contributed by atoms with E-state index < -0.39 is 6.04 Å². The highest BCUT2D eigenvalue weighted by Gasteiger charge is 2.30. The molecule has 2 aromatic rings. The zero-order valence-corrected chi connectivity index (χ0v) is 12.0. The lowest BCUT2D eigenvalue weighted by Gasteiger charge is -2.32. The number of nitrogens with zero attached hydrogens (tertiary/aromatic N) is 1. The number of hydrogen-bond donors (Lipinski definition) is 1. The molecule has 1 atom stereocenters. The van der Waals surface area contributed by atoms with E-state index in [4.69, 9.17) is 10.5 Å². The van der Waals surface area contributed by atoms with Gasteiger partial charge in [-0.05, 0) is 35.7 Å². The van der Waals surface area contributed by atoms with E-state index in [0.29, 0.717) is 13.0 Å². The number of nitrogens with two attached hydrogens (primary N) is 1. The average molecular weight is 282 g/mol. The highest BCUT2D eigenvalue weighted by atomic mass is 16.5. The van der Waals surface area contributed by atoms with Gasteiger partial charge in [-0.3, -0.25) is 4.79 Å². The molecule has 21 heavy (non-hydrogen) atoms. The molecule has 0 fully saturated rings. The van der Waals surface area contributed by atoms with Gasteiger partial charge in [0.2, 0.25) is 5.91 Å². The van der Waals surface area contributed by atoms with Crippen molar-refractivity contribution < 1.29 is 9.53 Å². The number of amides is 1. The molecule has 0 aliphatic carbocycles. The van der Waals surface area contributed by atoms with Crippen LogP contribution in [0.5, 0.6) is 5.75 Å². The van der Waals surface area contributed by atoms with Gasteiger partial charge in [0.1, 0.15) is 5.75 Å². The molecule has 0 unspecified atom stereocenters. The number of ether oxygens (including phenoxy) is 1. The molecule has 1 amide bonds. The third-order valence-corrected chi connectivity index (χ3v) is 3.78. The van der Waals surface area contributed by atoms with Crippen molar-refractivity contribution in [3.05, 3.63) is 59.7 Å². The normalized spacial score (nSPS) is 17.5. The maximum atomic E-state index is 12.4. The predicted octanol–water partition coefficient (Wildman–Crippen LogP) is 2.11. The molecule has 1 aliphatic rings. The molecular weight excluding hydrogens is 264 g/mol. The molecule has 3 rings (SSSR count). The Kier molecular flexibility index (Phi) is 3.62. The summed E-state index contributed by atoms with van der Waals surface area (Å²) in [5.41, 5.74) is 9.07. The molecule has 0 spiro atoms. The summed E-state index contributed by atoms with van der Waals surface area (Å²) in [7, 11) is 1.64. The number of methoxy groups -OCH3 is 1. The van der Waals surface area contributed by atoms with Gasteiger partial charge in [-0.25, -0.2) is 0 Å². The number of anilines is 1. The monoisotopic (exact) mass is 282 g/mol. The predicted molar refractivity (Wildman–Crippen MR) is 82.3 cm³/mol. The number of para-hydroxylation sites is 1. The fourth-order valence-electron chi connectivity index (χ4n) is 2.71. The summed E-state index contributed by atoms with van der Waals surface area (Å²) in [6.45, 7) is 0.501. The number of benzene rings is 2. The van der Waals surface area contributed by atoms with Crippen LogP contribution in [0.1, 0.15) is 11.1 Å². The number of carbonyl (C=O) groups excluding carboxylic acids is 1. The van der Waals surface area contributed by atoms with Crippen LogP contribution in [-0.4, -0.2) is 19.1 Å². The minimum Gasteiger partial charge on any atom is -0.497 e. The fraction of sp³-hybridized carbons (Fsp3) is 0.235. The quantitative estimate of drug-likeness (QED) is 0.938. The highest BCUT2D eigenvalue weighted by molar-refractivity contribution is 6.00. The van der Waals surface area contributed by atoms with Gasteiger partial charge in [0.05, 0.1) is 19.7 Å². The largest absolute Gasteiger partial charge is 0.497 e. The van der Waals surface area contributed by atoms with Crippen molar-refractivity contribution in [1.82, 2.24) is 0 Å². The third kappa shape index (κ3) is 2.62. The molecule has 1 aliphatic heterocycles. The van der Waals surface area contributed by atoms with E-state index in [0.717, 1.165) is 22.6 Å². The Morgan fingerprint density at radius 1 is 1.24 bits per heavy atom. The first-order chi connectivity index (χ1) is 10.2. The summed E-state index contributed by atoms with van der Waals surface area (Å²) < 4.78 is 5.23. The molecule has 4 heteroatoms. The minimum absolute atomic E-state index is 0.0310. The molecule has 0 bridgehead atoms. The molecule has 2 N–H and O–H groups in total. The Hall–Kier alpha value is -2.33. The topological polar surface area (TPSA) is 55.6 Å². The van der Waals surface area contributed by atoms with E-state index in [-0.39, 0.29) is 5.91 Å². The zero-order chi connectivity index (χ0) is 14.8. The second kappa shape index (κ2) is 5.58. The van der Waals surface area contributed by atoms with Crippen LogP contribution >= 0.6 is 0 Å². The summed E-state index contributed by atoms with van der Waals surface area (Å²) in [6.07, 6.45) is 0.601. The SMILES string of the molecule is COc1cccc(CN2C(=O)[C@H](N)Cc3ccccc32)c1. The Morgan fingerprint density at radius 3 is 2.86 bits per heavy atom. The van der Waals surface area contributed by atoms with Gasteiger partial charge in [0.25, 0.3) is 0 Å². The van der Waals surface area contributed by atoms with Gasteiger partial charge >= 0.3 is 0 Å². The molecule has 1 heterocycles. The summed E-state index contributed by atoms with van der Waals surface area (Å²) in [6, 6.07) is 15.2. The fourth-order valence-corrected chi connectivity index (χ4v) is 2.71. The van der Waals surface area contributed by atoms with Crippen molar-refractivity contribution in [2.75, 3.05) is 12.0 Å². The lowest BCUT2D eigenvalue weighted by Crippen LogP contribution is -2.48. The molecule has 0 aromatic heterocycles. The molecule has 0 saturated heterocycles. The maximum absolute atomic E-state index is 12.4. The van der Waals surface area contributed by atoms with Crippen molar-refractivity contribution in [3.8, 4) is 5.75 Å². The Balaban J connectivity index is 1.94. The molecule has 108 valence electrons. The lowest BCUT2D eigenvalue weighted by molar-refractivity contribution is -0.120. The molecular formula is C17H18N2O2. The van der Waals surface area contributed by atoms with Crippen molar-refractivity contribution in [2.45, 2.75) is 19.0 Å². The van der Waals surface area contributed by atoms with Crippen molar-refractivity contribution in [3.63, 3.8) is 0 Å². The highest BCUT2D eigenvalue weighted by Crippen LogP contribution is 2.29. The van der Waals surface area contributed by atoms with Crippen LogP contribution in [0, 0.1) is 0 Å². The van der Waals surface area contributed by atoms with E-state index in [1.807, 2.05) is 48.5 Å². The van der Waals surface area contributed by atoms with Crippen LogP contribution in [-0.2, 0) is 17.8 Å². The molecule has 0 saturated carbocycles. The Labute approximate surface area is 124 Å². The smallest absolute Gasteiger partial charge is 0.244 e. The number of rotatable bonds is 3. The van der Waals surface area contributed by atoms with Crippen LogP contribution in [0.2, 0.25) is 0 Å². The van der Waals surface area contributed by atoms with Crippen molar-refractivity contribution in [1.29, 1.82) is 0 Å². The van der Waals surface area contributed by atoms with E-state index in [2.05, 4.69) is 0 Å². The van der Waals surface area contributed by atoms with Gasteiger partial charge in [-0.1, -0.05) is 30.3 Å². The summed E-state index contributed by atoms with van der Waals surface area (Å²) >= 11 is 0. The lowest BCUT2D eigenvalue weighted by atomic mass is 9.97. The number of carbonyl (C=O) groups is 1. The first-order valence-electron chi connectivity index (χ1n) is 6.97. The van der Waals surface area contributed by atoms with E-state index >= 15 is 0 Å².